The summed E-state index contributed by atoms with van der Waals surface area (Å²) in [6, 6.07) is 4.73. The number of rotatable bonds is 9. The lowest BCUT2D eigenvalue weighted by Gasteiger charge is -2.16. The highest BCUT2D eigenvalue weighted by molar-refractivity contribution is 5.18. The zero-order chi connectivity index (χ0) is 13.2. The number of likely N-dealkylation sites (N-methyl/N-ethyl adjacent to an activating group) is 1. The molecule has 1 aromatic rings. The molecule has 0 saturated carbocycles. The van der Waals surface area contributed by atoms with E-state index < -0.39 is 0 Å². The number of hydrogen-bond donors (Lipinski definition) is 1. The zero-order valence-corrected chi connectivity index (χ0v) is 12.2. The number of nitrogens with zero attached hydrogens (tertiary/aromatic N) is 1. The van der Waals surface area contributed by atoms with E-state index in [2.05, 4.69) is 37.3 Å². The van der Waals surface area contributed by atoms with Crippen molar-refractivity contribution >= 4 is 0 Å². The van der Waals surface area contributed by atoms with Gasteiger partial charge in [-0.05, 0) is 32.0 Å². The molecule has 0 aromatic carbocycles. The summed E-state index contributed by atoms with van der Waals surface area (Å²) in [4.78, 5) is 4.48. The van der Waals surface area contributed by atoms with Gasteiger partial charge in [0.1, 0.15) is 0 Å². The lowest BCUT2D eigenvalue weighted by atomic mass is 10.0. The van der Waals surface area contributed by atoms with Gasteiger partial charge in [0.05, 0.1) is 0 Å². The molecule has 2 heteroatoms. The lowest BCUT2D eigenvalue weighted by molar-refractivity contribution is 0.477. The SMILES string of the molecule is CCCCCCCC(Cc1ncccc1C)NC. The van der Waals surface area contributed by atoms with Crippen molar-refractivity contribution in [1.82, 2.24) is 10.3 Å². The molecule has 1 unspecified atom stereocenters. The maximum absolute atomic E-state index is 4.48. The van der Waals surface area contributed by atoms with E-state index in [1.54, 1.807) is 0 Å². The monoisotopic (exact) mass is 248 g/mol. The van der Waals surface area contributed by atoms with E-state index in [1.165, 1.54) is 49.8 Å². The normalized spacial score (nSPS) is 12.6. The quantitative estimate of drug-likeness (QED) is 0.671. The Morgan fingerprint density at radius 2 is 2.00 bits per heavy atom. The summed E-state index contributed by atoms with van der Waals surface area (Å²) in [6.45, 7) is 4.41. The average molecular weight is 248 g/mol. The molecular weight excluding hydrogens is 220 g/mol. The molecule has 1 N–H and O–H groups in total. The molecule has 0 aliphatic rings. The van der Waals surface area contributed by atoms with E-state index in [4.69, 9.17) is 0 Å². The third-order valence-electron chi connectivity index (χ3n) is 3.62. The first kappa shape index (κ1) is 15.2. The topological polar surface area (TPSA) is 24.9 Å². The molecule has 0 bridgehead atoms. The first-order valence-electron chi connectivity index (χ1n) is 7.35. The van der Waals surface area contributed by atoms with Gasteiger partial charge in [0.2, 0.25) is 0 Å². The van der Waals surface area contributed by atoms with Gasteiger partial charge in [0.15, 0.2) is 0 Å². The van der Waals surface area contributed by atoms with Crippen molar-refractivity contribution in [2.45, 2.75) is 64.8 Å². The minimum atomic E-state index is 0.570. The van der Waals surface area contributed by atoms with Crippen LogP contribution < -0.4 is 5.32 Å². The van der Waals surface area contributed by atoms with Gasteiger partial charge in [-0.25, -0.2) is 0 Å². The van der Waals surface area contributed by atoms with Gasteiger partial charge in [-0.2, -0.15) is 0 Å². The number of hydrogen-bond acceptors (Lipinski definition) is 2. The van der Waals surface area contributed by atoms with Crippen molar-refractivity contribution in [3.05, 3.63) is 29.6 Å². The first-order chi connectivity index (χ1) is 8.77. The van der Waals surface area contributed by atoms with Crippen molar-refractivity contribution in [2.75, 3.05) is 7.05 Å². The van der Waals surface area contributed by atoms with Gasteiger partial charge >= 0.3 is 0 Å². The van der Waals surface area contributed by atoms with Gasteiger partial charge in [-0.15, -0.1) is 0 Å². The van der Waals surface area contributed by atoms with Crippen molar-refractivity contribution < 1.29 is 0 Å². The van der Waals surface area contributed by atoms with Gasteiger partial charge in [0, 0.05) is 24.4 Å². The molecule has 0 spiro atoms. The molecule has 1 heterocycles. The Kier molecular flexibility index (Phi) is 7.66. The van der Waals surface area contributed by atoms with Crippen molar-refractivity contribution in [2.24, 2.45) is 0 Å². The molecule has 0 aliphatic carbocycles. The van der Waals surface area contributed by atoms with Crippen LogP contribution in [0.4, 0.5) is 0 Å². The Hall–Kier alpha value is -0.890. The highest BCUT2D eigenvalue weighted by atomic mass is 14.9. The lowest BCUT2D eigenvalue weighted by Crippen LogP contribution is -2.28. The molecule has 1 aromatic heterocycles. The van der Waals surface area contributed by atoms with Gasteiger partial charge in [-0.3, -0.25) is 4.98 Å². The molecule has 2 nitrogen and oxygen atoms in total. The maximum Gasteiger partial charge on any atom is 0.0448 e. The maximum atomic E-state index is 4.48. The summed E-state index contributed by atoms with van der Waals surface area (Å²) in [7, 11) is 2.06. The molecule has 0 radical (unpaired) electrons. The van der Waals surface area contributed by atoms with Crippen LogP contribution in [0.1, 0.15) is 56.7 Å². The van der Waals surface area contributed by atoms with Gasteiger partial charge in [-0.1, -0.05) is 45.1 Å². The fourth-order valence-corrected chi connectivity index (χ4v) is 2.31. The van der Waals surface area contributed by atoms with Crippen LogP contribution in [0.5, 0.6) is 0 Å². The predicted octanol–water partition coefficient (Wildman–Crippen LogP) is 3.88. The fraction of sp³-hybridized carbons (Fsp3) is 0.688. The van der Waals surface area contributed by atoms with Crippen LogP contribution >= 0.6 is 0 Å². The van der Waals surface area contributed by atoms with Crippen molar-refractivity contribution in [1.29, 1.82) is 0 Å². The van der Waals surface area contributed by atoms with Crippen molar-refractivity contribution in [3.63, 3.8) is 0 Å². The number of nitrogens with one attached hydrogen (secondary N) is 1. The van der Waals surface area contributed by atoms with Crippen LogP contribution in [-0.4, -0.2) is 18.1 Å². The fourth-order valence-electron chi connectivity index (χ4n) is 2.31. The van der Waals surface area contributed by atoms with Crippen molar-refractivity contribution in [3.8, 4) is 0 Å². The van der Waals surface area contributed by atoms with Crippen LogP contribution in [0, 0.1) is 6.92 Å². The molecule has 1 rings (SSSR count). The molecular formula is C16H28N2. The van der Waals surface area contributed by atoms with E-state index in [-0.39, 0.29) is 0 Å². The molecule has 18 heavy (non-hydrogen) atoms. The number of pyridine rings is 1. The summed E-state index contributed by atoms with van der Waals surface area (Å²) >= 11 is 0. The Bertz CT molecular complexity index is 323. The Balaban J connectivity index is 2.31. The van der Waals surface area contributed by atoms with E-state index >= 15 is 0 Å². The van der Waals surface area contributed by atoms with Crippen LogP contribution in [0.2, 0.25) is 0 Å². The van der Waals surface area contributed by atoms with E-state index in [0.29, 0.717) is 6.04 Å². The summed E-state index contributed by atoms with van der Waals surface area (Å²) in [5, 5.41) is 3.43. The molecule has 0 amide bonds. The van der Waals surface area contributed by atoms with Crippen LogP contribution in [0.15, 0.2) is 18.3 Å². The molecule has 0 fully saturated rings. The third kappa shape index (κ3) is 5.63. The van der Waals surface area contributed by atoms with E-state index in [9.17, 15) is 0 Å². The summed E-state index contributed by atoms with van der Waals surface area (Å²) in [5.74, 6) is 0. The second kappa shape index (κ2) is 9.09. The highest BCUT2D eigenvalue weighted by Crippen LogP contribution is 2.12. The van der Waals surface area contributed by atoms with Crippen LogP contribution in [0.3, 0.4) is 0 Å². The second-order valence-electron chi connectivity index (χ2n) is 5.16. The molecule has 0 saturated heterocycles. The number of unbranched alkanes of at least 4 members (excludes halogenated alkanes) is 4. The second-order valence-corrected chi connectivity index (χ2v) is 5.16. The summed E-state index contributed by atoms with van der Waals surface area (Å²) < 4.78 is 0. The molecule has 0 aliphatic heterocycles. The third-order valence-corrected chi connectivity index (χ3v) is 3.62. The highest BCUT2D eigenvalue weighted by Gasteiger charge is 2.09. The minimum absolute atomic E-state index is 0.570. The standard InChI is InChI=1S/C16H28N2/c1-4-5-6-7-8-11-15(17-3)13-16-14(2)10-9-12-18-16/h9-10,12,15,17H,4-8,11,13H2,1-3H3. The van der Waals surface area contributed by atoms with E-state index in [1.807, 2.05) is 12.3 Å². The van der Waals surface area contributed by atoms with E-state index in [0.717, 1.165) is 6.42 Å². The number of aryl methyl sites for hydroxylation is 1. The largest absolute Gasteiger partial charge is 0.317 e. The van der Waals surface area contributed by atoms with Gasteiger partial charge < -0.3 is 5.32 Å². The Morgan fingerprint density at radius 3 is 2.67 bits per heavy atom. The van der Waals surface area contributed by atoms with Crippen LogP contribution in [0.25, 0.3) is 0 Å². The summed E-state index contributed by atoms with van der Waals surface area (Å²) in [5.41, 5.74) is 2.55. The first-order valence-corrected chi connectivity index (χ1v) is 7.35. The predicted molar refractivity (Wildman–Crippen MR) is 78.9 cm³/mol. The molecule has 102 valence electrons. The summed E-state index contributed by atoms with van der Waals surface area (Å²) in [6.07, 6.45) is 11.0. The van der Waals surface area contributed by atoms with Gasteiger partial charge in [0.25, 0.3) is 0 Å². The van der Waals surface area contributed by atoms with Crippen LogP contribution in [-0.2, 0) is 6.42 Å². The smallest absolute Gasteiger partial charge is 0.0448 e. The minimum Gasteiger partial charge on any atom is -0.317 e. The molecule has 1 atom stereocenters. The number of aromatic nitrogens is 1. The Labute approximate surface area is 112 Å². The zero-order valence-electron chi connectivity index (χ0n) is 12.2. The average Bonchev–Trinajstić information content (AvgIpc) is 2.39. The Morgan fingerprint density at radius 1 is 1.22 bits per heavy atom.